The molecule has 0 aliphatic carbocycles. The van der Waals surface area contributed by atoms with Gasteiger partial charge < -0.3 is 9.64 Å². The molecule has 1 amide bonds. The molecule has 6 nitrogen and oxygen atoms in total. The summed E-state index contributed by atoms with van der Waals surface area (Å²) < 4.78 is 33.9. The molecule has 0 atom stereocenters. The number of sulfonamides is 1. The minimum Gasteiger partial charge on any atom is -0.488 e. The maximum absolute atomic E-state index is 13.2. The van der Waals surface area contributed by atoms with Gasteiger partial charge in [-0.3, -0.25) is 4.79 Å². The normalized spacial score (nSPS) is 15.0. The van der Waals surface area contributed by atoms with Gasteiger partial charge >= 0.3 is 0 Å². The molecular formula is C23H23ClN2O4S2. The van der Waals surface area contributed by atoms with Crippen molar-refractivity contribution in [3.63, 3.8) is 0 Å². The SMILES string of the molecule is O=C(c1ccccc1OCc1ccccc1Cl)N1CCC(NS(=O)(=O)c2cccs2)CC1. The fourth-order valence-corrected chi connectivity index (χ4v) is 6.11. The number of rotatable bonds is 7. The molecule has 0 saturated carbocycles. The molecule has 1 saturated heterocycles. The second-order valence-electron chi connectivity index (χ2n) is 7.50. The van der Waals surface area contributed by atoms with Crippen LogP contribution < -0.4 is 9.46 Å². The quantitative estimate of drug-likeness (QED) is 0.526. The topological polar surface area (TPSA) is 75.7 Å². The van der Waals surface area contributed by atoms with Crippen LogP contribution in [0, 0.1) is 0 Å². The number of piperidine rings is 1. The van der Waals surface area contributed by atoms with Crippen LogP contribution in [0.2, 0.25) is 5.02 Å². The molecule has 168 valence electrons. The van der Waals surface area contributed by atoms with Crippen LogP contribution in [0.4, 0.5) is 0 Å². The first-order valence-corrected chi connectivity index (χ1v) is 13.0. The molecule has 1 fully saturated rings. The first-order chi connectivity index (χ1) is 15.4. The summed E-state index contributed by atoms with van der Waals surface area (Å²) in [7, 11) is -3.52. The number of halogens is 1. The van der Waals surface area contributed by atoms with Crippen LogP contribution in [-0.4, -0.2) is 38.4 Å². The van der Waals surface area contributed by atoms with E-state index in [0.29, 0.717) is 46.5 Å². The van der Waals surface area contributed by atoms with E-state index in [2.05, 4.69) is 4.72 Å². The second-order valence-corrected chi connectivity index (χ2v) is 10.8. The Morgan fingerprint density at radius 2 is 1.78 bits per heavy atom. The zero-order valence-corrected chi connectivity index (χ0v) is 19.6. The van der Waals surface area contributed by atoms with Crippen LogP contribution >= 0.6 is 22.9 Å². The first-order valence-electron chi connectivity index (χ1n) is 10.2. The van der Waals surface area contributed by atoms with Crippen molar-refractivity contribution in [2.24, 2.45) is 0 Å². The number of benzene rings is 2. The summed E-state index contributed by atoms with van der Waals surface area (Å²) in [6.45, 7) is 1.20. The Hall–Kier alpha value is -2.39. The monoisotopic (exact) mass is 490 g/mol. The van der Waals surface area contributed by atoms with E-state index in [4.69, 9.17) is 16.3 Å². The average Bonchev–Trinajstić information content (AvgIpc) is 3.35. The van der Waals surface area contributed by atoms with Crippen molar-refractivity contribution in [3.05, 3.63) is 82.2 Å². The number of nitrogens with one attached hydrogen (secondary N) is 1. The number of amides is 1. The fourth-order valence-electron chi connectivity index (χ4n) is 3.60. The number of ether oxygens (including phenoxy) is 1. The highest BCUT2D eigenvalue weighted by Gasteiger charge is 2.28. The lowest BCUT2D eigenvalue weighted by molar-refractivity contribution is 0.0706. The number of nitrogens with zero attached hydrogens (tertiary/aromatic N) is 1. The molecule has 0 bridgehead atoms. The van der Waals surface area contributed by atoms with Gasteiger partial charge in [0.25, 0.3) is 5.91 Å². The third-order valence-electron chi connectivity index (χ3n) is 5.32. The average molecular weight is 491 g/mol. The molecule has 1 aliphatic rings. The highest BCUT2D eigenvalue weighted by atomic mass is 35.5. The van der Waals surface area contributed by atoms with Gasteiger partial charge in [-0.1, -0.05) is 48.0 Å². The molecule has 0 radical (unpaired) electrons. The number of para-hydroxylation sites is 1. The molecule has 2 heterocycles. The minimum absolute atomic E-state index is 0.126. The van der Waals surface area contributed by atoms with Crippen LogP contribution in [0.25, 0.3) is 0 Å². The Balaban J connectivity index is 1.38. The molecule has 32 heavy (non-hydrogen) atoms. The van der Waals surface area contributed by atoms with E-state index in [1.807, 2.05) is 24.3 Å². The maximum Gasteiger partial charge on any atom is 0.257 e. The maximum atomic E-state index is 13.2. The lowest BCUT2D eigenvalue weighted by Gasteiger charge is -2.32. The Morgan fingerprint density at radius 3 is 2.50 bits per heavy atom. The number of thiophene rings is 1. The van der Waals surface area contributed by atoms with Crippen LogP contribution in [0.5, 0.6) is 5.75 Å². The number of hydrogen-bond acceptors (Lipinski definition) is 5. The summed E-state index contributed by atoms with van der Waals surface area (Å²) in [5.74, 6) is 0.372. The van der Waals surface area contributed by atoms with Gasteiger partial charge in [0.2, 0.25) is 10.0 Å². The summed E-state index contributed by atoms with van der Waals surface area (Å²) in [5.41, 5.74) is 1.33. The molecule has 9 heteroatoms. The number of hydrogen-bond donors (Lipinski definition) is 1. The van der Waals surface area contributed by atoms with Gasteiger partial charge in [-0.25, -0.2) is 13.1 Å². The molecule has 1 aliphatic heterocycles. The molecular weight excluding hydrogens is 468 g/mol. The van der Waals surface area contributed by atoms with E-state index < -0.39 is 10.0 Å². The molecule has 4 rings (SSSR count). The van der Waals surface area contributed by atoms with Gasteiger partial charge in [0.15, 0.2) is 0 Å². The molecule has 3 aromatic rings. The van der Waals surface area contributed by atoms with Crippen LogP contribution in [0.3, 0.4) is 0 Å². The zero-order valence-electron chi connectivity index (χ0n) is 17.2. The van der Waals surface area contributed by atoms with E-state index in [0.717, 1.165) is 5.56 Å². The van der Waals surface area contributed by atoms with Gasteiger partial charge in [0, 0.05) is 29.7 Å². The van der Waals surface area contributed by atoms with Crippen molar-refractivity contribution in [3.8, 4) is 5.75 Å². The predicted molar refractivity (Wildman–Crippen MR) is 126 cm³/mol. The molecule has 0 unspecified atom stereocenters. The molecule has 1 aromatic heterocycles. The summed E-state index contributed by atoms with van der Waals surface area (Å²) in [6.07, 6.45) is 1.11. The van der Waals surface area contributed by atoms with Crippen molar-refractivity contribution in [1.82, 2.24) is 9.62 Å². The van der Waals surface area contributed by atoms with Crippen LogP contribution in [-0.2, 0) is 16.6 Å². The standard InChI is InChI=1S/C23H23ClN2O4S2/c24-20-8-3-1-6-17(20)16-30-21-9-4-2-7-19(21)23(27)26-13-11-18(12-14-26)25-32(28,29)22-10-5-15-31-22/h1-10,15,18,25H,11-14,16H2. The summed E-state index contributed by atoms with van der Waals surface area (Å²) in [6, 6.07) is 17.7. The van der Waals surface area contributed by atoms with Gasteiger partial charge in [-0.15, -0.1) is 11.3 Å². The van der Waals surface area contributed by atoms with Crippen molar-refractivity contribution >= 4 is 38.9 Å². The van der Waals surface area contributed by atoms with Crippen molar-refractivity contribution < 1.29 is 17.9 Å². The number of carbonyl (C=O) groups is 1. The first kappa shape index (κ1) is 22.8. The summed E-state index contributed by atoms with van der Waals surface area (Å²) >= 11 is 7.39. The van der Waals surface area contributed by atoms with E-state index in [1.54, 1.807) is 46.7 Å². The summed E-state index contributed by atoms with van der Waals surface area (Å²) in [4.78, 5) is 14.9. The molecule has 2 aromatic carbocycles. The summed E-state index contributed by atoms with van der Waals surface area (Å²) in [5, 5.41) is 2.35. The largest absolute Gasteiger partial charge is 0.488 e. The number of carbonyl (C=O) groups excluding carboxylic acids is 1. The zero-order chi connectivity index (χ0) is 22.6. The van der Waals surface area contributed by atoms with Gasteiger partial charge in [-0.2, -0.15) is 0 Å². The third kappa shape index (κ3) is 5.32. The van der Waals surface area contributed by atoms with E-state index >= 15 is 0 Å². The Morgan fingerprint density at radius 1 is 1.06 bits per heavy atom. The fraction of sp³-hybridized carbons (Fsp3) is 0.261. The highest BCUT2D eigenvalue weighted by Crippen LogP contribution is 2.25. The van der Waals surface area contributed by atoms with E-state index in [9.17, 15) is 13.2 Å². The minimum atomic E-state index is -3.52. The van der Waals surface area contributed by atoms with Gasteiger partial charge in [0.1, 0.15) is 16.6 Å². The molecule has 0 spiro atoms. The number of likely N-dealkylation sites (tertiary alicyclic amines) is 1. The van der Waals surface area contributed by atoms with Crippen LogP contribution in [0.15, 0.2) is 70.3 Å². The lowest BCUT2D eigenvalue weighted by atomic mass is 10.0. The Bertz CT molecular complexity index is 1170. The van der Waals surface area contributed by atoms with Crippen molar-refractivity contribution in [2.45, 2.75) is 29.7 Å². The lowest BCUT2D eigenvalue weighted by Crippen LogP contribution is -2.46. The van der Waals surface area contributed by atoms with Crippen LogP contribution in [0.1, 0.15) is 28.8 Å². The highest BCUT2D eigenvalue weighted by molar-refractivity contribution is 7.91. The Kier molecular flexibility index (Phi) is 7.15. The van der Waals surface area contributed by atoms with Crippen molar-refractivity contribution in [1.29, 1.82) is 0 Å². The van der Waals surface area contributed by atoms with Crippen molar-refractivity contribution in [2.75, 3.05) is 13.1 Å². The second kappa shape index (κ2) is 10.0. The van der Waals surface area contributed by atoms with E-state index in [1.165, 1.54) is 11.3 Å². The third-order valence-corrected chi connectivity index (χ3v) is 8.61. The van der Waals surface area contributed by atoms with Gasteiger partial charge in [-0.05, 0) is 42.5 Å². The smallest absolute Gasteiger partial charge is 0.257 e. The Labute approximate surface area is 196 Å². The van der Waals surface area contributed by atoms with E-state index in [-0.39, 0.29) is 18.6 Å². The van der Waals surface area contributed by atoms with Gasteiger partial charge in [0.05, 0.1) is 5.56 Å². The molecule has 1 N–H and O–H groups in total. The predicted octanol–water partition coefficient (Wildman–Crippen LogP) is 4.56.